The third kappa shape index (κ3) is 2.70. The van der Waals surface area contributed by atoms with Crippen molar-refractivity contribution in [2.24, 2.45) is 11.3 Å². The second-order valence-electron chi connectivity index (χ2n) is 5.20. The molecule has 1 amide bonds. The summed E-state index contributed by atoms with van der Waals surface area (Å²) in [6, 6.07) is -0.0509. The first-order chi connectivity index (χ1) is 6.75. The highest BCUT2D eigenvalue weighted by Gasteiger charge is 2.52. The highest BCUT2D eigenvalue weighted by molar-refractivity contribution is 5.86. The monoisotopic (exact) mass is 213 g/mol. The van der Waals surface area contributed by atoms with E-state index in [0.717, 1.165) is 6.42 Å². The van der Waals surface area contributed by atoms with Crippen molar-refractivity contribution in [3.8, 4) is 0 Å². The number of carbonyl (C=O) groups is 2. The Bertz CT molecular complexity index is 284. The Labute approximate surface area is 90.3 Å². The maximum absolute atomic E-state index is 12.0. The smallest absolute Gasteiger partial charge is 0.323 e. The molecule has 4 heteroatoms. The molecule has 0 aliphatic heterocycles. The van der Waals surface area contributed by atoms with Gasteiger partial charge in [-0.05, 0) is 25.7 Å². The van der Waals surface area contributed by atoms with Gasteiger partial charge < -0.3 is 10.0 Å². The maximum atomic E-state index is 12.0. The minimum absolute atomic E-state index is 0.0132. The van der Waals surface area contributed by atoms with Crippen LogP contribution in [-0.2, 0) is 9.59 Å². The Hall–Kier alpha value is -1.06. The molecule has 4 nitrogen and oxygen atoms in total. The third-order valence-electron chi connectivity index (χ3n) is 3.02. The first kappa shape index (κ1) is 12.0. The molecule has 0 aromatic carbocycles. The van der Waals surface area contributed by atoms with Crippen molar-refractivity contribution < 1.29 is 14.7 Å². The van der Waals surface area contributed by atoms with Crippen LogP contribution in [0.3, 0.4) is 0 Å². The fraction of sp³-hybridized carbons (Fsp3) is 0.818. The van der Waals surface area contributed by atoms with E-state index in [1.165, 1.54) is 4.90 Å². The lowest BCUT2D eigenvalue weighted by Gasteiger charge is -2.25. The van der Waals surface area contributed by atoms with Crippen LogP contribution in [0.5, 0.6) is 0 Å². The molecule has 1 fully saturated rings. The molecule has 0 aromatic rings. The van der Waals surface area contributed by atoms with Crippen molar-refractivity contribution in [1.82, 2.24) is 4.90 Å². The van der Waals surface area contributed by atoms with Gasteiger partial charge in [-0.2, -0.15) is 0 Å². The molecule has 86 valence electrons. The van der Waals surface area contributed by atoms with Crippen LogP contribution in [0.15, 0.2) is 0 Å². The number of aliphatic carboxylic acids is 1. The Balaban J connectivity index is 2.65. The van der Waals surface area contributed by atoms with Gasteiger partial charge >= 0.3 is 5.97 Å². The summed E-state index contributed by atoms with van der Waals surface area (Å²) in [5.41, 5.74) is 0.0583. The molecule has 1 atom stereocenters. The van der Waals surface area contributed by atoms with Crippen LogP contribution in [0.1, 0.15) is 34.1 Å². The number of amides is 1. The summed E-state index contributed by atoms with van der Waals surface area (Å²) in [6.45, 7) is 7.57. The van der Waals surface area contributed by atoms with Crippen molar-refractivity contribution in [3.05, 3.63) is 0 Å². The van der Waals surface area contributed by atoms with Gasteiger partial charge in [-0.1, -0.05) is 13.8 Å². The lowest BCUT2D eigenvalue weighted by molar-refractivity contribution is -0.146. The fourth-order valence-electron chi connectivity index (χ4n) is 1.75. The zero-order chi connectivity index (χ0) is 11.8. The molecule has 0 bridgehead atoms. The molecule has 0 radical (unpaired) electrons. The molecule has 1 aliphatic rings. The quantitative estimate of drug-likeness (QED) is 0.767. The summed E-state index contributed by atoms with van der Waals surface area (Å²) in [7, 11) is 0. The van der Waals surface area contributed by atoms with E-state index in [2.05, 4.69) is 0 Å². The lowest BCUT2D eigenvalue weighted by Crippen LogP contribution is -2.42. The molecular weight excluding hydrogens is 194 g/mol. The molecule has 15 heavy (non-hydrogen) atoms. The summed E-state index contributed by atoms with van der Waals surface area (Å²) < 4.78 is 0. The van der Waals surface area contributed by atoms with E-state index >= 15 is 0 Å². The minimum atomic E-state index is -0.949. The van der Waals surface area contributed by atoms with Crippen LogP contribution in [0, 0.1) is 11.3 Å². The molecule has 0 unspecified atom stereocenters. The molecular formula is C11H19NO3. The summed E-state index contributed by atoms with van der Waals surface area (Å²) in [4.78, 5) is 24.0. The average molecular weight is 213 g/mol. The van der Waals surface area contributed by atoms with Gasteiger partial charge in [0, 0.05) is 12.0 Å². The number of nitrogens with zero attached hydrogens (tertiary/aromatic N) is 1. The van der Waals surface area contributed by atoms with Crippen molar-refractivity contribution in [3.63, 3.8) is 0 Å². The number of hydrogen-bond donors (Lipinski definition) is 1. The van der Waals surface area contributed by atoms with E-state index in [9.17, 15) is 9.59 Å². The Morgan fingerprint density at radius 1 is 1.47 bits per heavy atom. The van der Waals surface area contributed by atoms with E-state index in [1.807, 2.05) is 27.7 Å². The van der Waals surface area contributed by atoms with Gasteiger partial charge in [0.1, 0.15) is 6.54 Å². The second-order valence-corrected chi connectivity index (χ2v) is 5.20. The van der Waals surface area contributed by atoms with Crippen molar-refractivity contribution >= 4 is 11.9 Å². The molecule has 0 aromatic heterocycles. The maximum Gasteiger partial charge on any atom is 0.323 e. The van der Waals surface area contributed by atoms with E-state index in [1.54, 1.807) is 0 Å². The number of carboxylic acid groups (broad SMARTS) is 1. The molecule has 1 aliphatic carbocycles. The first-order valence-electron chi connectivity index (χ1n) is 5.28. The predicted octanol–water partition coefficient (Wildman–Crippen LogP) is 1.35. The second kappa shape index (κ2) is 3.83. The van der Waals surface area contributed by atoms with Crippen molar-refractivity contribution in [2.45, 2.75) is 40.2 Å². The van der Waals surface area contributed by atoms with Gasteiger partial charge in [-0.15, -0.1) is 0 Å². The highest BCUT2D eigenvalue weighted by atomic mass is 16.4. The zero-order valence-electron chi connectivity index (χ0n) is 9.78. The third-order valence-corrected chi connectivity index (χ3v) is 3.02. The van der Waals surface area contributed by atoms with E-state index in [0.29, 0.717) is 0 Å². The molecule has 0 saturated heterocycles. The normalized spacial score (nSPS) is 22.6. The van der Waals surface area contributed by atoms with E-state index < -0.39 is 5.97 Å². The van der Waals surface area contributed by atoms with Crippen LogP contribution in [0.2, 0.25) is 0 Å². The highest BCUT2D eigenvalue weighted by Crippen LogP contribution is 2.52. The summed E-state index contributed by atoms with van der Waals surface area (Å²) in [6.07, 6.45) is 0.870. The lowest BCUT2D eigenvalue weighted by atomic mass is 10.1. The van der Waals surface area contributed by atoms with E-state index in [-0.39, 0.29) is 29.8 Å². The van der Waals surface area contributed by atoms with Crippen LogP contribution < -0.4 is 0 Å². The predicted molar refractivity (Wildman–Crippen MR) is 56.4 cm³/mol. The van der Waals surface area contributed by atoms with Crippen LogP contribution in [0.4, 0.5) is 0 Å². The summed E-state index contributed by atoms with van der Waals surface area (Å²) >= 11 is 0. The largest absolute Gasteiger partial charge is 0.480 e. The average Bonchev–Trinajstić information content (AvgIpc) is 2.69. The van der Waals surface area contributed by atoms with Gasteiger partial charge in [0.05, 0.1) is 0 Å². The summed E-state index contributed by atoms with van der Waals surface area (Å²) in [5, 5.41) is 8.72. The van der Waals surface area contributed by atoms with Gasteiger partial charge in [0.25, 0.3) is 0 Å². The molecule has 1 N–H and O–H groups in total. The zero-order valence-corrected chi connectivity index (χ0v) is 9.78. The van der Waals surface area contributed by atoms with Crippen molar-refractivity contribution in [1.29, 1.82) is 0 Å². The SMILES string of the molecule is CC(C)N(CC(=O)O)C(=O)[C@H]1CC1(C)C. The number of carboxylic acids is 1. The van der Waals surface area contributed by atoms with Gasteiger partial charge in [-0.25, -0.2) is 0 Å². The van der Waals surface area contributed by atoms with Gasteiger partial charge in [0.2, 0.25) is 5.91 Å². The van der Waals surface area contributed by atoms with Crippen LogP contribution >= 0.6 is 0 Å². The Morgan fingerprint density at radius 2 is 1.93 bits per heavy atom. The van der Waals surface area contributed by atoms with Crippen LogP contribution in [0.25, 0.3) is 0 Å². The summed E-state index contributed by atoms with van der Waals surface area (Å²) in [5.74, 6) is -0.952. The number of hydrogen-bond acceptors (Lipinski definition) is 2. The number of carbonyl (C=O) groups excluding carboxylic acids is 1. The van der Waals surface area contributed by atoms with E-state index in [4.69, 9.17) is 5.11 Å². The minimum Gasteiger partial charge on any atom is -0.480 e. The molecule has 1 rings (SSSR count). The molecule has 0 spiro atoms. The molecule has 1 saturated carbocycles. The number of rotatable bonds is 4. The molecule has 0 heterocycles. The Morgan fingerprint density at radius 3 is 2.20 bits per heavy atom. The van der Waals surface area contributed by atoms with Crippen molar-refractivity contribution in [2.75, 3.05) is 6.54 Å². The van der Waals surface area contributed by atoms with Gasteiger partial charge in [0.15, 0.2) is 0 Å². The Kier molecular flexibility index (Phi) is 3.07. The standard InChI is InChI=1S/C11H19NO3/c1-7(2)12(6-9(13)14)10(15)8-5-11(8,3)4/h7-8H,5-6H2,1-4H3,(H,13,14)/t8-/m1/s1. The van der Waals surface area contributed by atoms with Gasteiger partial charge in [-0.3, -0.25) is 9.59 Å². The van der Waals surface area contributed by atoms with Crippen LogP contribution in [-0.4, -0.2) is 34.5 Å². The topological polar surface area (TPSA) is 57.6 Å². The first-order valence-corrected chi connectivity index (χ1v) is 5.28. The fourth-order valence-corrected chi connectivity index (χ4v) is 1.75.